The average molecular weight is 396 g/mol. The SMILES string of the molecule is CC(C)(C)[O-].CC(C)(C)[O-].CC(C)(C)[O-].[Ba+2].[K+]. The molecular formula is C12H27BaKO3. The van der Waals surface area contributed by atoms with E-state index >= 15 is 0 Å². The average Bonchev–Trinajstić information content (AvgIpc) is 1.41. The summed E-state index contributed by atoms with van der Waals surface area (Å²) in [5, 5.41) is 30.3. The van der Waals surface area contributed by atoms with Crippen LogP contribution in [0.5, 0.6) is 0 Å². The van der Waals surface area contributed by atoms with Gasteiger partial charge in [-0.1, -0.05) is 62.3 Å². The maximum absolute atomic E-state index is 10.1. The first-order chi connectivity index (χ1) is 6.00. The van der Waals surface area contributed by atoms with Gasteiger partial charge in [0.2, 0.25) is 0 Å². The summed E-state index contributed by atoms with van der Waals surface area (Å²) in [6.45, 7) is 14.7. The molecule has 5 heteroatoms. The first-order valence-corrected chi connectivity index (χ1v) is 5.11. The van der Waals surface area contributed by atoms with Gasteiger partial charge < -0.3 is 15.3 Å². The Labute approximate surface area is 191 Å². The quantitative estimate of drug-likeness (QED) is 0.412. The summed E-state index contributed by atoms with van der Waals surface area (Å²) in [5.74, 6) is 0. The summed E-state index contributed by atoms with van der Waals surface area (Å²) in [6.07, 6.45) is 0. The van der Waals surface area contributed by atoms with Gasteiger partial charge in [-0.25, -0.2) is 0 Å². The van der Waals surface area contributed by atoms with Gasteiger partial charge in [0, 0.05) is 0 Å². The van der Waals surface area contributed by atoms with Gasteiger partial charge in [-0.05, 0) is 0 Å². The minimum absolute atomic E-state index is 0. The standard InChI is InChI=1S/3C4H9O.Ba.K/c3*1-4(2,3)5;;/h3*1-3H3;;/q3*-1;+2;+1. The molecule has 0 N–H and O–H groups in total. The van der Waals surface area contributed by atoms with Gasteiger partial charge in [-0.2, -0.15) is 0 Å². The van der Waals surface area contributed by atoms with Crippen molar-refractivity contribution in [3.63, 3.8) is 0 Å². The normalized spacial score (nSPS) is 10.6. The van der Waals surface area contributed by atoms with E-state index < -0.39 is 16.8 Å². The number of hydrogen-bond acceptors (Lipinski definition) is 3. The molecule has 0 aliphatic heterocycles. The van der Waals surface area contributed by atoms with Gasteiger partial charge in [-0.15, -0.1) is 16.8 Å². The number of rotatable bonds is 0. The summed E-state index contributed by atoms with van der Waals surface area (Å²) in [7, 11) is 0. The molecule has 0 aliphatic carbocycles. The van der Waals surface area contributed by atoms with E-state index in [2.05, 4.69) is 0 Å². The smallest absolute Gasteiger partial charge is 0.850 e. The Bertz CT molecular complexity index is 96.8. The molecule has 17 heavy (non-hydrogen) atoms. The molecule has 0 aromatic heterocycles. The van der Waals surface area contributed by atoms with Crippen LogP contribution in [0.15, 0.2) is 0 Å². The third kappa shape index (κ3) is 585. The summed E-state index contributed by atoms with van der Waals surface area (Å²) in [6, 6.07) is 0. The van der Waals surface area contributed by atoms with Crippen LogP contribution in [-0.4, -0.2) is 65.7 Å². The van der Waals surface area contributed by atoms with E-state index in [0.29, 0.717) is 0 Å². The largest absolute Gasteiger partial charge is 2.00 e. The van der Waals surface area contributed by atoms with Crippen molar-refractivity contribution in [3.8, 4) is 0 Å². The van der Waals surface area contributed by atoms with Crippen molar-refractivity contribution in [1.29, 1.82) is 0 Å². The van der Waals surface area contributed by atoms with E-state index in [1.54, 1.807) is 62.3 Å². The van der Waals surface area contributed by atoms with Crippen molar-refractivity contribution in [2.75, 3.05) is 0 Å². The van der Waals surface area contributed by atoms with Crippen molar-refractivity contribution >= 4 is 48.9 Å². The molecule has 0 saturated heterocycles. The van der Waals surface area contributed by atoms with E-state index in [0.717, 1.165) is 0 Å². The van der Waals surface area contributed by atoms with Crippen LogP contribution in [0.2, 0.25) is 0 Å². The van der Waals surface area contributed by atoms with Crippen molar-refractivity contribution in [3.05, 3.63) is 0 Å². The summed E-state index contributed by atoms with van der Waals surface area (Å²) >= 11 is 0. The molecule has 0 heterocycles. The zero-order valence-electron chi connectivity index (χ0n) is 13.4. The second-order valence-electron chi connectivity index (χ2n) is 6.34. The predicted octanol–water partition coefficient (Wildman–Crippen LogP) is -2.94. The fourth-order valence-electron chi connectivity index (χ4n) is 0. The minimum atomic E-state index is -0.750. The maximum atomic E-state index is 10.1. The van der Waals surface area contributed by atoms with Crippen LogP contribution in [-0.2, 0) is 0 Å². The van der Waals surface area contributed by atoms with Crippen LogP contribution in [0, 0.1) is 0 Å². The molecule has 0 aromatic rings. The fourth-order valence-corrected chi connectivity index (χ4v) is 0. The van der Waals surface area contributed by atoms with Crippen molar-refractivity contribution in [2.45, 2.75) is 79.1 Å². The third-order valence-corrected chi connectivity index (χ3v) is 0. The van der Waals surface area contributed by atoms with Crippen molar-refractivity contribution < 1.29 is 66.7 Å². The van der Waals surface area contributed by atoms with E-state index in [-0.39, 0.29) is 100 Å². The van der Waals surface area contributed by atoms with Gasteiger partial charge in [0.1, 0.15) is 0 Å². The first-order valence-electron chi connectivity index (χ1n) is 5.11. The molecule has 0 rings (SSSR count). The molecule has 0 fully saturated rings. The zero-order valence-corrected chi connectivity index (χ0v) is 21.0. The second kappa shape index (κ2) is 14.0. The fraction of sp³-hybridized carbons (Fsp3) is 1.00. The Morgan fingerprint density at radius 2 is 0.471 bits per heavy atom. The summed E-state index contributed by atoms with van der Waals surface area (Å²) in [5.41, 5.74) is -2.25. The molecule has 0 radical (unpaired) electrons. The topological polar surface area (TPSA) is 69.2 Å². The Balaban J connectivity index is -0.0000000400. The molecule has 0 spiro atoms. The Morgan fingerprint density at radius 3 is 0.471 bits per heavy atom. The predicted molar refractivity (Wildman–Crippen MR) is 65.0 cm³/mol. The molecule has 96 valence electrons. The molecule has 0 bridgehead atoms. The van der Waals surface area contributed by atoms with Gasteiger partial charge in [0.05, 0.1) is 0 Å². The summed E-state index contributed by atoms with van der Waals surface area (Å²) < 4.78 is 0. The maximum Gasteiger partial charge on any atom is 2.00 e. The molecule has 0 aromatic carbocycles. The van der Waals surface area contributed by atoms with Crippen molar-refractivity contribution in [1.82, 2.24) is 0 Å². The molecule has 0 aliphatic rings. The van der Waals surface area contributed by atoms with Crippen LogP contribution in [0.3, 0.4) is 0 Å². The van der Waals surface area contributed by atoms with Gasteiger partial charge in [-0.3, -0.25) is 0 Å². The molecular weight excluding hydrogens is 369 g/mol. The van der Waals surface area contributed by atoms with Gasteiger partial charge in [0.15, 0.2) is 0 Å². The van der Waals surface area contributed by atoms with Crippen LogP contribution in [0.25, 0.3) is 0 Å². The van der Waals surface area contributed by atoms with Crippen molar-refractivity contribution in [2.24, 2.45) is 0 Å². The zero-order chi connectivity index (χ0) is 13.5. The molecule has 0 amide bonds. The number of hydrogen-bond donors (Lipinski definition) is 0. The Kier molecular flexibility index (Phi) is 26.6. The van der Waals surface area contributed by atoms with Crippen LogP contribution >= 0.6 is 0 Å². The monoisotopic (exact) mass is 396 g/mol. The Hall–Kier alpha value is 3.09. The van der Waals surface area contributed by atoms with E-state index in [1.165, 1.54) is 0 Å². The van der Waals surface area contributed by atoms with Gasteiger partial charge >= 0.3 is 100 Å². The Morgan fingerprint density at radius 1 is 0.471 bits per heavy atom. The molecule has 3 nitrogen and oxygen atoms in total. The van der Waals surface area contributed by atoms with Crippen LogP contribution in [0.1, 0.15) is 62.3 Å². The second-order valence-corrected chi connectivity index (χ2v) is 6.34. The van der Waals surface area contributed by atoms with E-state index in [4.69, 9.17) is 0 Å². The molecule has 0 unspecified atom stereocenters. The third-order valence-electron chi connectivity index (χ3n) is 0. The molecule has 0 saturated carbocycles. The molecule has 0 atom stereocenters. The van der Waals surface area contributed by atoms with Crippen LogP contribution in [0.4, 0.5) is 0 Å². The first kappa shape index (κ1) is 32.2. The summed E-state index contributed by atoms with van der Waals surface area (Å²) in [4.78, 5) is 0. The van der Waals surface area contributed by atoms with Gasteiger partial charge in [0.25, 0.3) is 0 Å². The van der Waals surface area contributed by atoms with E-state index in [1.807, 2.05) is 0 Å². The minimum Gasteiger partial charge on any atom is -0.850 e. The van der Waals surface area contributed by atoms with Crippen LogP contribution < -0.4 is 66.7 Å². The van der Waals surface area contributed by atoms with E-state index in [9.17, 15) is 15.3 Å².